The highest BCUT2D eigenvalue weighted by Crippen LogP contribution is 2.19. The van der Waals surface area contributed by atoms with E-state index in [2.05, 4.69) is 5.16 Å². The highest BCUT2D eigenvalue weighted by Gasteiger charge is 2.09. The number of likely N-dealkylation sites (N-methyl/N-ethyl adjacent to an activating group) is 1. The second-order valence-electron chi connectivity index (χ2n) is 5.71. The predicted molar refractivity (Wildman–Crippen MR) is 104 cm³/mol. The van der Waals surface area contributed by atoms with Crippen LogP contribution in [0.25, 0.3) is 6.08 Å². The van der Waals surface area contributed by atoms with Crippen LogP contribution in [0.1, 0.15) is 11.1 Å². The summed E-state index contributed by atoms with van der Waals surface area (Å²) in [6, 6.07) is 17.4. The largest absolute Gasteiger partial charge is 0.497 e. The van der Waals surface area contributed by atoms with Crippen LogP contribution in [0.3, 0.4) is 0 Å². The molecule has 0 radical (unpaired) electrons. The molecule has 2 aromatic rings. The van der Waals surface area contributed by atoms with Crippen molar-refractivity contribution in [1.29, 1.82) is 0 Å². The number of halogens is 1. The number of rotatable bonds is 8. The normalized spacial score (nSPS) is 12.4. The van der Waals surface area contributed by atoms with E-state index >= 15 is 0 Å². The summed E-state index contributed by atoms with van der Waals surface area (Å²) in [4.78, 5) is 7.49. The third kappa shape index (κ3) is 6.25. The molecule has 0 saturated heterocycles. The molecule has 132 valence electrons. The number of hydrogen-bond donors (Lipinski definition) is 0. The smallest absolute Gasteiger partial charge is 0.129 e. The van der Waals surface area contributed by atoms with E-state index in [9.17, 15) is 0 Å². The molecule has 0 bridgehead atoms. The average Bonchev–Trinajstić information content (AvgIpc) is 2.62. The van der Waals surface area contributed by atoms with E-state index in [1.807, 2.05) is 79.7 Å². The van der Waals surface area contributed by atoms with Crippen LogP contribution < -0.4 is 4.74 Å². The van der Waals surface area contributed by atoms with E-state index in [1.165, 1.54) is 0 Å². The zero-order chi connectivity index (χ0) is 18.1. The molecule has 0 amide bonds. The van der Waals surface area contributed by atoms with Crippen molar-refractivity contribution >= 4 is 23.4 Å². The maximum absolute atomic E-state index is 6.54. The van der Waals surface area contributed by atoms with Crippen molar-refractivity contribution in [3.8, 4) is 5.75 Å². The van der Waals surface area contributed by atoms with Crippen molar-refractivity contribution < 1.29 is 9.57 Å². The van der Waals surface area contributed by atoms with Crippen LogP contribution in [-0.2, 0) is 4.84 Å². The maximum atomic E-state index is 6.54. The molecular formula is C20H23ClN2O2. The molecule has 0 unspecified atom stereocenters. The maximum Gasteiger partial charge on any atom is 0.129 e. The van der Waals surface area contributed by atoms with Gasteiger partial charge < -0.3 is 14.5 Å². The van der Waals surface area contributed by atoms with Crippen LogP contribution in [0, 0.1) is 0 Å². The summed E-state index contributed by atoms with van der Waals surface area (Å²) in [7, 11) is 5.62. The molecule has 4 nitrogen and oxygen atoms in total. The standard InChI is InChI=1S/C20H23ClN2O2/c1-23(2)13-14-25-22-20(17-7-5-4-6-8-17)19(21)15-16-9-11-18(24-3)12-10-16/h4-12,15H,13-14H2,1-3H3. The zero-order valence-electron chi connectivity index (χ0n) is 14.8. The Morgan fingerprint density at radius 1 is 1.08 bits per heavy atom. The van der Waals surface area contributed by atoms with E-state index in [0.29, 0.717) is 17.4 Å². The number of allylic oxidation sites excluding steroid dienone is 1. The fraction of sp³-hybridized carbons (Fsp3) is 0.250. The molecule has 0 aliphatic rings. The second-order valence-corrected chi connectivity index (χ2v) is 6.12. The molecule has 0 spiro atoms. The van der Waals surface area contributed by atoms with Crippen LogP contribution in [0.4, 0.5) is 0 Å². The predicted octanol–water partition coefficient (Wildman–Crippen LogP) is 4.26. The molecule has 5 heteroatoms. The molecule has 0 fully saturated rings. The third-order valence-electron chi connectivity index (χ3n) is 3.47. The molecule has 0 atom stereocenters. The number of methoxy groups -OCH3 is 1. The summed E-state index contributed by atoms with van der Waals surface area (Å²) in [5.41, 5.74) is 2.47. The fourth-order valence-corrected chi connectivity index (χ4v) is 2.35. The Kier molecular flexibility index (Phi) is 7.51. The van der Waals surface area contributed by atoms with Crippen LogP contribution in [0.5, 0.6) is 5.75 Å². The third-order valence-corrected chi connectivity index (χ3v) is 3.76. The van der Waals surface area contributed by atoms with Gasteiger partial charge in [-0.15, -0.1) is 0 Å². The molecule has 2 aromatic carbocycles. The van der Waals surface area contributed by atoms with Crippen LogP contribution in [-0.4, -0.2) is 45.0 Å². The van der Waals surface area contributed by atoms with E-state index < -0.39 is 0 Å². The van der Waals surface area contributed by atoms with E-state index in [-0.39, 0.29) is 0 Å². The van der Waals surface area contributed by atoms with Gasteiger partial charge in [0.2, 0.25) is 0 Å². The number of ether oxygens (including phenoxy) is 1. The lowest BCUT2D eigenvalue weighted by Crippen LogP contribution is -2.17. The Balaban J connectivity index is 2.23. The lowest BCUT2D eigenvalue weighted by Gasteiger charge is -2.09. The molecule has 0 aromatic heterocycles. The minimum absolute atomic E-state index is 0.496. The Bertz CT molecular complexity index is 710. The Labute approximate surface area is 154 Å². The van der Waals surface area contributed by atoms with Gasteiger partial charge in [-0.3, -0.25) is 0 Å². The number of hydrogen-bond acceptors (Lipinski definition) is 4. The fourth-order valence-electron chi connectivity index (χ4n) is 2.08. The number of nitrogens with zero attached hydrogens (tertiary/aromatic N) is 2. The highest BCUT2D eigenvalue weighted by molar-refractivity contribution is 6.48. The average molecular weight is 359 g/mol. The van der Waals surface area contributed by atoms with Crippen LogP contribution >= 0.6 is 11.6 Å². The Hall–Kier alpha value is -2.30. The molecule has 0 aliphatic carbocycles. The minimum atomic E-state index is 0.496. The van der Waals surface area contributed by atoms with Gasteiger partial charge in [-0.1, -0.05) is 59.2 Å². The molecular weight excluding hydrogens is 336 g/mol. The first-order valence-electron chi connectivity index (χ1n) is 8.02. The van der Waals surface area contributed by atoms with E-state index in [1.54, 1.807) is 7.11 Å². The molecule has 25 heavy (non-hydrogen) atoms. The lowest BCUT2D eigenvalue weighted by atomic mass is 10.1. The van der Waals surface area contributed by atoms with Crippen molar-refractivity contribution in [1.82, 2.24) is 4.90 Å². The van der Waals surface area contributed by atoms with Crippen molar-refractivity contribution in [2.24, 2.45) is 5.16 Å². The van der Waals surface area contributed by atoms with Gasteiger partial charge in [-0.05, 0) is 37.9 Å². The first-order valence-corrected chi connectivity index (χ1v) is 8.39. The van der Waals surface area contributed by atoms with Crippen LogP contribution in [0.2, 0.25) is 0 Å². The van der Waals surface area contributed by atoms with Crippen molar-refractivity contribution in [3.05, 3.63) is 70.8 Å². The monoisotopic (exact) mass is 358 g/mol. The summed E-state index contributed by atoms with van der Waals surface area (Å²) in [6.07, 6.45) is 1.86. The molecule has 0 aliphatic heterocycles. The number of benzene rings is 2. The van der Waals surface area contributed by atoms with Gasteiger partial charge >= 0.3 is 0 Å². The zero-order valence-corrected chi connectivity index (χ0v) is 15.5. The minimum Gasteiger partial charge on any atom is -0.497 e. The van der Waals surface area contributed by atoms with Crippen molar-refractivity contribution in [2.45, 2.75) is 0 Å². The Morgan fingerprint density at radius 3 is 2.36 bits per heavy atom. The van der Waals surface area contributed by atoms with Gasteiger partial charge in [-0.2, -0.15) is 0 Å². The highest BCUT2D eigenvalue weighted by atomic mass is 35.5. The Morgan fingerprint density at radius 2 is 1.76 bits per heavy atom. The summed E-state index contributed by atoms with van der Waals surface area (Å²) in [5, 5.41) is 4.78. The summed E-state index contributed by atoms with van der Waals surface area (Å²) in [6.45, 7) is 1.28. The van der Waals surface area contributed by atoms with Gasteiger partial charge in [-0.25, -0.2) is 0 Å². The summed E-state index contributed by atoms with van der Waals surface area (Å²) in [5.74, 6) is 0.803. The van der Waals surface area contributed by atoms with Crippen molar-refractivity contribution in [3.63, 3.8) is 0 Å². The quantitative estimate of drug-likeness (QED) is 0.402. The van der Waals surface area contributed by atoms with Gasteiger partial charge in [0, 0.05) is 12.1 Å². The van der Waals surface area contributed by atoms with Gasteiger partial charge in [0.05, 0.1) is 12.1 Å². The lowest BCUT2D eigenvalue weighted by molar-refractivity contribution is 0.126. The SMILES string of the molecule is COc1ccc(C=C(Cl)C(=NOCCN(C)C)c2ccccc2)cc1. The van der Waals surface area contributed by atoms with Gasteiger partial charge in [0.1, 0.15) is 18.1 Å². The summed E-state index contributed by atoms with van der Waals surface area (Å²) >= 11 is 6.54. The van der Waals surface area contributed by atoms with Crippen LogP contribution in [0.15, 0.2) is 64.8 Å². The van der Waals surface area contributed by atoms with E-state index in [4.69, 9.17) is 21.2 Å². The molecule has 2 rings (SSSR count). The second kappa shape index (κ2) is 9.87. The van der Waals surface area contributed by atoms with E-state index in [0.717, 1.165) is 23.4 Å². The first kappa shape index (κ1) is 19.0. The van der Waals surface area contributed by atoms with Gasteiger partial charge in [0.15, 0.2) is 0 Å². The summed E-state index contributed by atoms with van der Waals surface area (Å²) < 4.78 is 5.17. The molecule has 0 N–H and O–H groups in total. The molecule has 0 heterocycles. The number of oxime groups is 1. The van der Waals surface area contributed by atoms with Crippen molar-refractivity contribution in [2.75, 3.05) is 34.4 Å². The topological polar surface area (TPSA) is 34.1 Å². The molecule has 0 saturated carbocycles. The first-order chi connectivity index (χ1) is 12.1. The van der Waals surface area contributed by atoms with Gasteiger partial charge in [0.25, 0.3) is 0 Å².